The lowest BCUT2D eigenvalue weighted by atomic mass is 10.0. The number of nitrogens with two attached hydrogens (primary N) is 10. The summed E-state index contributed by atoms with van der Waals surface area (Å²) in [5, 5.41) is 39.3. The van der Waals surface area contributed by atoms with Gasteiger partial charge in [0.25, 0.3) is 0 Å². The van der Waals surface area contributed by atoms with Crippen LogP contribution in [0.3, 0.4) is 0 Å². The zero-order valence-corrected chi connectivity index (χ0v) is 66.6. The molecule has 42 heteroatoms. The third kappa shape index (κ3) is 36.6. The molecule has 0 unspecified atom stereocenters. The lowest BCUT2D eigenvalue weighted by Gasteiger charge is -2.29. The molecule has 12 atom stereocenters. The van der Waals surface area contributed by atoms with Crippen LogP contribution in [0.4, 0.5) is 0 Å². The van der Waals surface area contributed by atoms with Crippen LogP contribution in [0.1, 0.15) is 135 Å². The molecule has 2 aromatic carbocycles. The number of benzene rings is 2. The lowest BCUT2D eigenvalue weighted by Crippen LogP contribution is -2.61. The number of carbonyl (C=O) groups is 14. The molecule has 0 aliphatic rings. The molecule has 1 heterocycles. The number of rotatable bonds is 56. The number of guanidine groups is 3. The third-order valence-electron chi connectivity index (χ3n) is 17.8. The molecule has 0 aliphatic carbocycles. The van der Waals surface area contributed by atoms with Gasteiger partial charge in [0.2, 0.25) is 76.8 Å². The van der Waals surface area contributed by atoms with E-state index >= 15 is 4.79 Å². The molecule has 0 spiro atoms. The summed E-state index contributed by atoms with van der Waals surface area (Å²) < 4.78 is 0. The number of unbranched alkanes of at least 4 members (excludes halogenated alkanes) is 2. The van der Waals surface area contributed by atoms with Gasteiger partial charge in [0.15, 0.2) is 17.9 Å². The van der Waals surface area contributed by atoms with E-state index in [-0.39, 0.29) is 139 Å². The Kier molecular flexibility index (Phi) is 44.6. The Balaban J connectivity index is 2.06. The number of carbonyl (C=O) groups excluding carboxylic acids is 13. The van der Waals surface area contributed by atoms with Crippen LogP contribution in [0.25, 0.3) is 10.9 Å². The maximum atomic E-state index is 15.0. The second-order valence-corrected chi connectivity index (χ2v) is 28.8. The highest BCUT2D eigenvalue weighted by atomic mass is 32.2. The molecule has 3 aromatic rings. The van der Waals surface area contributed by atoms with Crippen LogP contribution in [0.5, 0.6) is 0 Å². The number of fused-ring (bicyclic) bond motifs is 1. The first-order valence-electron chi connectivity index (χ1n) is 37.6. The monoisotopic (exact) mass is 1640 g/mol. The summed E-state index contributed by atoms with van der Waals surface area (Å²) in [6.07, 6.45) is 2.26. The molecule has 0 saturated carbocycles. The molecule has 114 heavy (non-hydrogen) atoms. The van der Waals surface area contributed by atoms with Gasteiger partial charge in [-0.15, -0.1) is 0 Å². The predicted octanol–water partition coefficient (Wildman–Crippen LogP) is -5.34. The minimum absolute atomic E-state index is 0.00451. The quantitative estimate of drug-likeness (QED) is 0.0109. The third-order valence-corrected chi connectivity index (χ3v) is 18.8. The fraction of sp³-hybridized carbons (Fsp3) is 0.569. The molecule has 632 valence electrons. The van der Waals surface area contributed by atoms with Crippen LogP contribution < -0.4 is 116 Å². The molecule has 0 saturated heterocycles. The summed E-state index contributed by atoms with van der Waals surface area (Å²) in [5.74, 6) is -14.8. The van der Waals surface area contributed by atoms with E-state index in [9.17, 15) is 67.4 Å². The molecule has 0 radical (unpaired) electrons. The van der Waals surface area contributed by atoms with E-state index in [1.54, 1.807) is 87.8 Å². The molecule has 13 amide bonds. The van der Waals surface area contributed by atoms with E-state index in [4.69, 9.17) is 57.3 Å². The number of primary amides is 2. The number of hydrogen-bond donors (Lipinski definition) is 24. The number of aromatic amines is 1. The molecule has 0 aliphatic heterocycles. The van der Waals surface area contributed by atoms with Crippen LogP contribution in [-0.2, 0) is 80.0 Å². The van der Waals surface area contributed by atoms with Crippen molar-refractivity contribution in [1.82, 2.24) is 63.5 Å². The fourth-order valence-electron chi connectivity index (χ4n) is 11.6. The summed E-state index contributed by atoms with van der Waals surface area (Å²) in [7, 11) is 0. The van der Waals surface area contributed by atoms with E-state index in [1.165, 1.54) is 11.8 Å². The first-order chi connectivity index (χ1) is 54.1. The Morgan fingerprint density at radius 1 is 0.456 bits per heavy atom. The average molecular weight is 1640 g/mol. The van der Waals surface area contributed by atoms with Crippen molar-refractivity contribution in [3.05, 3.63) is 71.9 Å². The number of amides is 13. The van der Waals surface area contributed by atoms with Crippen molar-refractivity contribution in [1.29, 1.82) is 0 Å². The van der Waals surface area contributed by atoms with Gasteiger partial charge in [-0.3, -0.25) is 77.3 Å². The van der Waals surface area contributed by atoms with Gasteiger partial charge in [-0.05, 0) is 119 Å². The Labute approximate surface area is 671 Å². The number of carboxylic acids is 1. The number of thioether (sulfide) groups is 1. The van der Waals surface area contributed by atoms with Gasteiger partial charge in [-0.2, -0.15) is 24.4 Å². The minimum atomic E-state index is -1.86. The largest absolute Gasteiger partial charge is 0.480 e. The number of H-pyrrole nitrogens is 1. The van der Waals surface area contributed by atoms with Gasteiger partial charge >= 0.3 is 5.97 Å². The maximum absolute atomic E-state index is 15.0. The standard InChI is InChI=1S/C72H117N25O15S2/c1-5-6-20-45(90-66(108)53(35-41-37-86-44-21-11-10-19-42(41)44)95-62(104)49(26-27-55(75)98)91-65(107)52(94-58(100)43(74)38-113)34-40-17-8-7-9-18-40)59(101)88-48(24-15-31-84-71(79)80)61(103)96-54(36-56(76)99)67(109)92-50(28-33-114-4)63(105)89-47(23-14-30-83-70(77)78)60(102)87-46(22-12-13-29-73)64(106)97-57(39(2)3)68(110)93-51(69(111)112)25-16-32-85-72(81)82/h7-11,17-19,21,37,39,43,45-54,57,86,113H,5-6,12-16,20,22-36,38,73-74H2,1-4H3,(H2,75,98)(H2,76,99)(H,87,102)(H,88,101)(H,89,105)(H,90,108)(H,91,107)(H,92,109)(H,93,110)(H,94,100)(H,95,104)(H,96,103)(H,97,106)(H,111,112)(H4,77,78,83)(H4,79,80,84)(H4,81,82,85)/t43-,45-,46-,47-,48-,49-,50-,51-,52-,53-,54-,57-/m0/s1. The van der Waals surface area contributed by atoms with Gasteiger partial charge in [0.1, 0.15) is 66.5 Å². The number of aliphatic imine (C=N–C) groups is 3. The number of aromatic nitrogens is 1. The zero-order chi connectivity index (χ0) is 85.0. The molecule has 1 aromatic heterocycles. The second-order valence-electron chi connectivity index (χ2n) is 27.5. The second kappa shape index (κ2) is 52.3. The van der Waals surface area contributed by atoms with Crippen LogP contribution in [-0.4, -0.2) is 227 Å². The molecular formula is C72H117N25O15S2. The van der Waals surface area contributed by atoms with Crippen molar-refractivity contribution in [2.45, 2.75) is 209 Å². The Morgan fingerprint density at radius 3 is 1.30 bits per heavy atom. The summed E-state index contributed by atoms with van der Waals surface area (Å²) in [4.78, 5) is 211. The number of nitrogens with one attached hydrogen (secondary N) is 12. The highest BCUT2D eigenvalue weighted by Crippen LogP contribution is 2.21. The fourth-order valence-corrected chi connectivity index (χ4v) is 12.2. The summed E-state index contributed by atoms with van der Waals surface area (Å²) in [6.45, 7) is 5.15. The molecule has 3 rings (SSSR count). The highest BCUT2D eigenvalue weighted by Gasteiger charge is 2.38. The Morgan fingerprint density at radius 2 is 0.851 bits per heavy atom. The topological polar surface area (TPSA) is 705 Å². The van der Waals surface area contributed by atoms with Gasteiger partial charge in [-0.25, -0.2) is 4.79 Å². The smallest absolute Gasteiger partial charge is 0.326 e. The molecular weight excluding hydrogens is 1520 g/mol. The van der Waals surface area contributed by atoms with Crippen molar-refractivity contribution >= 4 is 136 Å². The van der Waals surface area contributed by atoms with E-state index in [0.29, 0.717) is 41.3 Å². The molecule has 33 N–H and O–H groups in total. The van der Waals surface area contributed by atoms with E-state index in [2.05, 4.69) is 91.1 Å². The highest BCUT2D eigenvalue weighted by molar-refractivity contribution is 7.98. The van der Waals surface area contributed by atoms with Crippen molar-refractivity contribution in [3.63, 3.8) is 0 Å². The molecule has 40 nitrogen and oxygen atoms in total. The summed E-state index contributed by atoms with van der Waals surface area (Å²) >= 11 is 5.38. The number of thiol groups is 1. The van der Waals surface area contributed by atoms with Gasteiger partial charge in [-0.1, -0.05) is 82.1 Å². The summed E-state index contributed by atoms with van der Waals surface area (Å²) in [6, 6.07) is -1.99. The Bertz CT molecular complexity index is 3760. The average Bonchev–Trinajstić information content (AvgIpc) is 1.63. The van der Waals surface area contributed by atoms with Crippen molar-refractivity contribution in [2.75, 3.05) is 43.9 Å². The predicted molar refractivity (Wildman–Crippen MR) is 435 cm³/mol. The van der Waals surface area contributed by atoms with Crippen LogP contribution >= 0.6 is 24.4 Å². The maximum Gasteiger partial charge on any atom is 0.326 e. The SMILES string of the molecule is CCCC[C@H](NC(=O)[C@H](Cc1c[nH]c2ccccc12)NC(=O)[C@H](CCC(N)=O)NC(=O)[C@H](Cc1ccccc1)NC(=O)[C@@H](N)CS)C(=O)N[C@@H](CCCN=C(N)N)C(=O)N[C@@H](CC(N)=O)C(=O)N[C@@H](CCSC)C(=O)N[C@@H](CCCN=C(N)N)C(=O)N[C@@H](CCCCN)C(=O)N[C@H](C(=O)N[C@@H](CCCN=C(N)N)C(=O)O)C(C)C. The van der Waals surface area contributed by atoms with E-state index in [1.807, 2.05) is 0 Å². The van der Waals surface area contributed by atoms with Crippen LogP contribution in [0.15, 0.2) is 75.8 Å². The summed E-state index contributed by atoms with van der Waals surface area (Å²) in [5.41, 5.74) is 58.0. The number of carboxylic acid groups (broad SMARTS) is 1. The van der Waals surface area contributed by atoms with Gasteiger partial charge < -0.3 is 126 Å². The number of para-hydroxylation sites is 1. The van der Waals surface area contributed by atoms with E-state index in [0.717, 1.165) is 0 Å². The number of aliphatic carboxylic acids is 1. The van der Waals surface area contributed by atoms with Crippen molar-refractivity contribution < 1.29 is 72.2 Å². The number of hydrogen-bond acceptors (Lipinski definition) is 21. The van der Waals surface area contributed by atoms with Crippen molar-refractivity contribution in [2.24, 2.45) is 78.2 Å². The van der Waals surface area contributed by atoms with Crippen molar-refractivity contribution in [3.8, 4) is 0 Å². The van der Waals surface area contributed by atoms with Crippen LogP contribution in [0, 0.1) is 5.92 Å². The van der Waals surface area contributed by atoms with Gasteiger partial charge in [0, 0.05) is 61.7 Å². The van der Waals surface area contributed by atoms with Gasteiger partial charge in [0.05, 0.1) is 12.5 Å². The zero-order valence-electron chi connectivity index (χ0n) is 64.9. The number of nitrogens with zero attached hydrogens (tertiary/aromatic N) is 3. The normalized spacial score (nSPS) is 14.2. The first kappa shape index (κ1) is 97.2. The Hall–Kier alpha value is -11.0. The van der Waals surface area contributed by atoms with E-state index < -0.39 is 174 Å². The lowest BCUT2D eigenvalue weighted by molar-refractivity contribution is -0.143. The molecule has 0 fully saturated rings. The minimum Gasteiger partial charge on any atom is -0.480 e. The molecule has 0 bridgehead atoms. The first-order valence-corrected chi connectivity index (χ1v) is 39.6. The van der Waals surface area contributed by atoms with Crippen LogP contribution in [0.2, 0.25) is 0 Å².